The molecule has 17 heavy (non-hydrogen) atoms. The highest BCUT2D eigenvalue weighted by atomic mass is 19.1. The Morgan fingerprint density at radius 1 is 1.29 bits per heavy atom. The van der Waals surface area contributed by atoms with Gasteiger partial charge in [-0.05, 0) is 30.7 Å². The van der Waals surface area contributed by atoms with Crippen molar-refractivity contribution in [3.8, 4) is 0 Å². The first-order valence-corrected chi connectivity index (χ1v) is 5.77. The van der Waals surface area contributed by atoms with E-state index in [4.69, 9.17) is 9.47 Å². The molecule has 4 heteroatoms. The number of benzene rings is 1. The molecule has 0 bridgehead atoms. The van der Waals surface area contributed by atoms with Crippen LogP contribution in [0.5, 0.6) is 0 Å². The van der Waals surface area contributed by atoms with Crippen molar-refractivity contribution in [3.63, 3.8) is 0 Å². The largest absolute Gasteiger partial charge is 0.377 e. The maximum absolute atomic E-state index is 13.0. The Balaban J connectivity index is 2.37. The number of halogens is 1. The monoisotopic (exact) mass is 239 g/mol. The molecule has 3 nitrogen and oxygen atoms in total. The fraction of sp³-hybridized carbons (Fsp3) is 0.538. The first-order chi connectivity index (χ1) is 8.23. The quantitative estimate of drug-likeness (QED) is 0.870. The first kappa shape index (κ1) is 12.5. The van der Waals surface area contributed by atoms with E-state index in [1.807, 2.05) is 0 Å². The third kappa shape index (κ3) is 2.20. The normalized spacial score (nSPS) is 29.2. The van der Waals surface area contributed by atoms with E-state index in [2.05, 4.69) is 5.32 Å². The third-order valence-corrected chi connectivity index (χ3v) is 3.50. The van der Waals surface area contributed by atoms with Gasteiger partial charge in [0.15, 0.2) is 0 Å². The zero-order valence-electron chi connectivity index (χ0n) is 10.2. The molecule has 0 saturated carbocycles. The van der Waals surface area contributed by atoms with Crippen molar-refractivity contribution in [3.05, 3.63) is 35.6 Å². The maximum atomic E-state index is 13.0. The van der Waals surface area contributed by atoms with Crippen molar-refractivity contribution >= 4 is 0 Å². The topological polar surface area (TPSA) is 30.5 Å². The van der Waals surface area contributed by atoms with E-state index in [0.717, 1.165) is 25.1 Å². The number of hydrogen-bond donors (Lipinski definition) is 1. The second kappa shape index (κ2) is 5.12. The summed E-state index contributed by atoms with van der Waals surface area (Å²) in [4.78, 5) is 0. The minimum absolute atomic E-state index is 0.0632. The Morgan fingerprint density at radius 2 is 2.00 bits per heavy atom. The first-order valence-electron chi connectivity index (χ1n) is 5.77. The molecule has 2 rings (SSSR count). The summed E-state index contributed by atoms with van der Waals surface area (Å²) < 4.78 is 24.2. The number of ether oxygens (including phenoxy) is 2. The second-order valence-corrected chi connectivity index (χ2v) is 4.28. The number of rotatable bonds is 3. The molecule has 1 heterocycles. The molecular formula is C13H18FNO2. The summed E-state index contributed by atoms with van der Waals surface area (Å²) in [6.07, 6.45) is 0.750. The van der Waals surface area contributed by atoms with Crippen molar-refractivity contribution in [1.29, 1.82) is 0 Å². The zero-order chi connectivity index (χ0) is 12.3. The predicted octanol–water partition coefficient (Wildman–Crippen LogP) is 1.68. The fourth-order valence-electron chi connectivity index (χ4n) is 2.52. The molecule has 2 atom stereocenters. The molecule has 0 aliphatic carbocycles. The van der Waals surface area contributed by atoms with E-state index in [-0.39, 0.29) is 11.9 Å². The van der Waals surface area contributed by atoms with Crippen molar-refractivity contribution in [1.82, 2.24) is 5.32 Å². The smallest absolute Gasteiger partial charge is 0.123 e. The Labute approximate surface area is 101 Å². The molecule has 0 radical (unpaired) electrons. The van der Waals surface area contributed by atoms with Crippen molar-refractivity contribution in [2.75, 3.05) is 27.3 Å². The molecule has 0 aromatic heterocycles. The summed E-state index contributed by atoms with van der Waals surface area (Å²) in [5, 5.41) is 3.28. The Morgan fingerprint density at radius 3 is 2.59 bits per heavy atom. The molecule has 0 amide bonds. The van der Waals surface area contributed by atoms with Gasteiger partial charge in [-0.15, -0.1) is 0 Å². The van der Waals surface area contributed by atoms with E-state index in [1.54, 1.807) is 26.4 Å². The predicted molar refractivity (Wildman–Crippen MR) is 63.4 cm³/mol. The lowest BCUT2D eigenvalue weighted by atomic mass is 9.82. The summed E-state index contributed by atoms with van der Waals surface area (Å²) in [5.41, 5.74) is 0.489. The molecule has 1 aromatic rings. The Hall–Kier alpha value is -0.970. The van der Waals surface area contributed by atoms with Gasteiger partial charge in [0.1, 0.15) is 17.5 Å². The molecule has 1 fully saturated rings. The van der Waals surface area contributed by atoms with Crippen LogP contribution in [0.1, 0.15) is 12.0 Å². The molecule has 0 spiro atoms. The van der Waals surface area contributed by atoms with Gasteiger partial charge < -0.3 is 14.8 Å². The number of methoxy groups -OCH3 is 2. The van der Waals surface area contributed by atoms with E-state index < -0.39 is 5.60 Å². The molecule has 1 aliphatic rings. The maximum Gasteiger partial charge on any atom is 0.123 e. The van der Waals surface area contributed by atoms with Gasteiger partial charge in [-0.1, -0.05) is 12.1 Å². The van der Waals surface area contributed by atoms with Gasteiger partial charge in [0, 0.05) is 20.8 Å². The second-order valence-electron chi connectivity index (χ2n) is 4.28. The van der Waals surface area contributed by atoms with Gasteiger partial charge in [0.2, 0.25) is 0 Å². The lowest BCUT2D eigenvalue weighted by Crippen LogP contribution is -2.53. The fourth-order valence-corrected chi connectivity index (χ4v) is 2.52. The minimum atomic E-state index is -0.478. The summed E-state index contributed by atoms with van der Waals surface area (Å²) >= 11 is 0. The zero-order valence-corrected chi connectivity index (χ0v) is 10.2. The molecule has 1 saturated heterocycles. The lowest BCUT2D eigenvalue weighted by molar-refractivity contribution is -0.137. The van der Waals surface area contributed by atoms with Crippen molar-refractivity contribution in [2.45, 2.75) is 18.1 Å². The van der Waals surface area contributed by atoms with Crippen LogP contribution in [0.3, 0.4) is 0 Å². The van der Waals surface area contributed by atoms with Gasteiger partial charge in [-0.25, -0.2) is 4.39 Å². The molecule has 94 valence electrons. The van der Waals surface area contributed by atoms with Crippen molar-refractivity contribution < 1.29 is 13.9 Å². The van der Waals surface area contributed by atoms with Gasteiger partial charge in [-0.3, -0.25) is 0 Å². The average molecular weight is 239 g/mol. The summed E-state index contributed by atoms with van der Waals surface area (Å²) in [6.45, 7) is 1.60. The van der Waals surface area contributed by atoms with Crippen LogP contribution in [-0.2, 0) is 15.1 Å². The molecular weight excluding hydrogens is 221 g/mol. The Bertz CT molecular complexity index is 368. The molecule has 1 N–H and O–H groups in total. The van der Waals surface area contributed by atoms with Crippen LogP contribution in [0.2, 0.25) is 0 Å². The molecule has 1 aromatic carbocycles. The van der Waals surface area contributed by atoms with Gasteiger partial charge in [0.05, 0.1) is 0 Å². The van der Waals surface area contributed by atoms with Crippen LogP contribution in [0, 0.1) is 5.82 Å². The lowest BCUT2D eigenvalue weighted by Gasteiger charge is -2.42. The highest BCUT2D eigenvalue weighted by Gasteiger charge is 2.43. The van der Waals surface area contributed by atoms with Crippen LogP contribution >= 0.6 is 0 Å². The van der Waals surface area contributed by atoms with Gasteiger partial charge >= 0.3 is 0 Å². The standard InChI is InChI=1S/C13H18FNO2/c1-16-12-9-15-8-7-13(12,17-2)10-3-5-11(14)6-4-10/h3-6,12,15H,7-9H2,1-2H3/t12-,13-/m0/s1. The van der Waals surface area contributed by atoms with Gasteiger partial charge in [0.25, 0.3) is 0 Å². The van der Waals surface area contributed by atoms with Crippen molar-refractivity contribution in [2.24, 2.45) is 0 Å². The van der Waals surface area contributed by atoms with Crippen LogP contribution in [-0.4, -0.2) is 33.4 Å². The van der Waals surface area contributed by atoms with E-state index in [0.29, 0.717) is 0 Å². The van der Waals surface area contributed by atoms with Crippen LogP contribution in [0.4, 0.5) is 4.39 Å². The average Bonchev–Trinajstić information content (AvgIpc) is 2.39. The number of hydrogen-bond acceptors (Lipinski definition) is 3. The summed E-state index contributed by atoms with van der Waals surface area (Å²) in [6, 6.07) is 6.47. The Kier molecular flexibility index (Phi) is 3.76. The summed E-state index contributed by atoms with van der Waals surface area (Å²) in [5.74, 6) is -0.233. The van der Waals surface area contributed by atoms with E-state index in [9.17, 15) is 4.39 Å². The molecule has 1 aliphatic heterocycles. The minimum Gasteiger partial charge on any atom is -0.377 e. The molecule has 0 unspecified atom stereocenters. The third-order valence-electron chi connectivity index (χ3n) is 3.50. The summed E-state index contributed by atoms with van der Waals surface area (Å²) in [7, 11) is 3.36. The van der Waals surface area contributed by atoms with E-state index in [1.165, 1.54) is 12.1 Å². The van der Waals surface area contributed by atoms with Crippen LogP contribution in [0.15, 0.2) is 24.3 Å². The van der Waals surface area contributed by atoms with Crippen LogP contribution in [0.25, 0.3) is 0 Å². The highest BCUT2D eigenvalue weighted by molar-refractivity contribution is 5.26. The van der Waals surface area contributed by atoms with Gasteiger partial charge in [-0.2, -0.15) is 0 Å². The number of piperidine rings is 1. The van der Waals surface area contributed by atoms with E-state index >= 15 is 0 Å². The number of nitrogens with one attached hydrogen (secondary N) is 1. The SMILES string of the molecule is CO[C@H]1CNCC[C@]1(OC)c1ccc(F)cc1. The van der Waals surface area contributed by atoms with Crippen LogP contribution < -0.4 is 5.32 Å². The highest BCUT2D eigenvalue weighted by Crippen LogP contribution is 2.35.